The van der Waals surface area contributed by atoms with E-state index in [1.165, 1.54) is 0 Å². The number of aryl methyl sites for hydroxylation is 2. The fraction of sp³-hybridized carbons (Fsp3) is 0.312. The fourth-order valence-electron chi connectivity index (χ4n) is 2.00. The SMILES string of the molecule is O=C(CCc1ccco1)Nc1cccc(CCCO)c1. The molecule has 1 aromatic heterocycles. The van der Waals surface area contributed by atoms with Crippen LogP contribution in [-0.4, -0.2) is 17.6 Å². The summed E-state index contributed by atoms with van der Waals surface area (Å²) in [5, 5.41) is 11.7. The predicted molar refractivity (Wildman–Crippen MR) is 77.5 cm³/mol. The van der Waals surface area contributed by atoms with Gasteiger partial charge in [-0.05, 0) is 42.7 Å². The van der Waals surface area contributed by atoms with E-state index in [-0.39, 0.29) is 12.5 Å². The van der Waals surface area contributed by atoms with Crippen LogP contribution in [0.4, 0.5) is 5.69 Å². The van der Waals surface area contributed by atoms with Crippen molar-refractivity contribution in [3.05, 3.63) is 54.0 Å². The van der Waals surface area contributed by atoms with Crippen molar-refractivity contribution in [2.24, 2.45) is 0 Å². The molecule has 0 aliphatic rings. The van der Waals surface area contributed by atoms with Crippen LogP contribution in [0, 0.1) is 0 Å². The number of benzene rings is 1. The number of hydrogen-bond acceptors (Lipinski definition) is 3. The Balaban J connectivity index is 1.84. The number of carbonyl (C=O) groups is 1. The van der Waals surface area contributed by atoms with Crippen molar-refractivity contribution in [1.29, 1.82) is 0 Å². The molecule has 4 heteroatoms. The van der Waals surface area contributed by atoms with Crippen LogP contribution in [0.15, 0.2) is 47.1 Å². The Morgan fingerprint density at radius 2 is 2.10 bits per heavy atom. The predicted octanol–water partition coefficient (Wildman–Crippen LogP) is 2.78. The Morgan fingerprint density at radius 3 is 2.85 bits per heavy atom. The topological polar surface area (TPSA) is 62.5 Å². The largest absolute Gasteiger partial charge is 0.469 e. The Bertz CT molecular complexity index is 534. The molecule has 2 aromatic rings. The van der Waals surface area contributed by atoms with Crippen molar-refractivity contribution in [1.82, 2.24) is 0 Å². The zero-order chi connectivity index (χ0) is 14.2. The summed E-state index contributed by atoms with van der Waals surface area (Å²) in [6, 6.07) is 11.4. The molecule has 2 rings (SSSR count). The first-order valence-electron chi connectivity index (χ1n) is 6.80. The van der Waals surface area contributed by atoms with E-state index in [2.05, 4.69) is 5.32 Å². The maximum absolute atomic E-state index is 11.8. The minimum atomic E-state index is -0.0271. The highest BCUT2D eigenvalue weighted by molar-refractivity contribution is 5.90. The zero-order valence-electron chi connectivity index (χ0n) is 11.3. The number of aliphatic hydroxyl groups is 1. The number of anilines is 1. The first kappa shape index (κ1) is 14.3. The number of aliphatic hydroxyl groups excluding tert-OH is 1. The van der Waals surface area contributed by atoms with Gasteiger partial charge in [0, 0.05) is 25.1 Å². The summed E-state index contributed by atoms with van der Waals surface area (Å²) in [7, 11) is 0. The molecule has 1 heterocycles. The van der Waals surface area contributed by atoms with Crippen molar-refractivity contribution in [2.45, 2.75) is 25.7 Å². The summed E-state index contributed by atoms with van der Waals surface area (Å²) < 4.78 is 5.19. The molecule has 1 amide bonds. The van der Waals surface area contributed by atoms with E-state index >= 15 is 0 Å². The second-order valence-electron chi connectivity index (χ2n) is 4.66. The van der Waals surface area contributed by atoms with Crippen LogP contribution in [0.2, 0.25) is 0 Å². The Kier molecular flexibility index (Phi) is 5.38. The first-order valence-corrected chi connectivity index (χ1v) is 6.80. The van der Waals surface area contributed by atoms with Crippen LogP contribution in [0.1, 0.15) is 24.2 Å². The second-order valence-corrected chi connectivity index (χ2v) is 4.66. The van der Waals surface area contributed by atoms with E-state index in [0.29, 0.717) is 12.8 Å². The Hall–Kier alpha value is -2.07. The second kappa shape index (κ2) is 7.50. The van der Waals surface area contributed by atoms with Gasteiger partial charge in [-0.3, -0.25) is 4.79 Å². The van der Waals surface area contributed by atoms with Gasteiger partial charge < -0.3 is 14.8 Å². The molecule has 0 atom stereocenters. The zero-order valence-corrected chi connectivity index (χ0v) is 11.3. The third-order valence-corrected chi connectivity index (χ3v) is 3.01. The van der Waals surface area contributed by atoms with Crippen molar-refractivity contribution in [3.8, 4) is 0 Å². The highest BCUT2D eigenvalue weighted by Crippen LogP contribution is 2.13. The average molecular weight is 273 g/mol. The quantitative estimate of drug-likeness (QED) is 0.815. The van der Waals surface area contributed by atoms with Gasteiger partial charge in [-0.15, -0.1) is 0 Å². The molecule has 0 aliphatic carbocycles. The van der Waals surface area contributed by atoms with Gasteiger partial charge in [0.1, 0.15) is 5.76 Å². The van der Waals surface area contributed by atoms with E-state index in [1.54, 1.807) is 6.26 Å². The number of rotatable bonds is 7. The molecule has 0 unspecified atom stereocenters. The van der Waals surface area contributed by atoms with E-state index in [4.69, 9.17) is 9.52 Å². The number of carbonyl (C=O) groups excluding carboxylic acids is 1. The maximum Gasteiger partial charge on any atom is 0.224 e. The summed E-state index contributed by atoms with van der Waals surface area (Å²) in [5.41, 5.74) is 1.91. The number of nitrogens with one attached hydrogen (secondary N) is 1. The Morgan fingerprint density at radius 1 is 1.20 bits per heavy atom. The molecule has 0 spiro atoms. The molecule has 0 saturated heterocycles. The monoisotopic (exact) mass is 273 g/mol. The van der Waals surface area contributed by atoms with Crippen LogP contribution in [0.25, 0.3) is 0 Å². The van der Waals surface area contributed by atoms with Crippen molar-refractivity contribution >= 4 is 11.6 Å². The van der Waals surface area contributed by atoms with Crippen LogP contribution in [0.3, 0.4) is 0 Å². The summed E-state index contributed by atoms with van der Waals surface area (Å²) >= 11 is 0. The van der Waals surface area contributed by atoms with Crippen molar-refractivity contribution < 1.29 is 14.3 Å². The molecule has 0 bridgehead atoms. The lowest BCUT2D eigenvalue weighted by molar-refractivity contribution is -0.116. The third-order valence-electron chi connectivity index (χ3n) is 3.01. The molecule has 1 aromatic carbocycles. The maximum atomic E-state index is 11.8. The molecule has 4 nitrogen and oxygen atoms in total. The molecule has 0 saturated carbocycles. The van der Waals surface area contributed by atoms with Gasteiger partial charge in [-0.2, -0.15) is 0 Å². The molecular weight excluding hydrogens is 254 g/mol. The summed E-state index contributed by atoms with van der Waals surface area (Å²) in [5.74, 6) is 0.789. The van der Waals surface area contributed by atoms with Gasteiger partial charge in [0.05, 0.1) is 6.26 Å². The fourth-order valence-corrected chi connectivity index (χ4v) is 2.00. The third kappa shape index (κ3) is 4.55. The van der Waals surface area contributed by atoms with Crippen molar-refractivity contribution in [2.75, 3.05) is 11.9 Å². The van der Waals surface area contributed by atoms with E-state index in [9.17, 15) is 4.79 Å². The van der Waals surface area contributed by atoms with E-state index in [0.717, 1.165) is 29.9 Å². The lowest BCUT2D eigenvalue weighted by Crippen LogP contribution is -2.12. The van der Waals surface area contributed by atoms with Crippen LogP contribution in [-0.2, 0) is 17.6 Å². The number of hydrogen-bond donors (Lipinski definition) is 2. The number of amides is 1. The first-order chi connectivity index (χ1) is 9.78. The molecule has 20 heavy (non-hydrogen) atoms. The van der Waals surface area contributed by atoms with Crippen molar-refractivity contribution in [3.63, 3.8) is 0 Å². The normalized spacial score (nSPS) is 10.4. The van der Waals surface area contributed by atoms with E-state index < -0.39 is 0 Å². The average Bonchev–Trinajstić information content (AvgIpc) is 2.97. The molecule has 106 valence electrons. The molecule has 2 N–H and O–H groups in total. The van der Waals surface area contributed by atoms with Crippen LogP contribution in [0.5, 0.6) is 0 Å². The Labute approximate surface area is 118 Å². The van der Waals surface area contributed by atoms with Gasteiger partial charge in [0.25, 0.3) is 0 Å². The standard InChI is InChI=1S/C16H19NO3/c18-10-2-5-13-4-1-6-14(12-13)17-16(19)9-8-15-7-3-11-20-15/h1,3-4,6-7,11-12,18H,2,5,8-10H2,(H,17,19). The minimum Gasteiger partial charge on any atom is -0.469 e. The van der Waals surface area contributed by atoms with Gasteiger partial charge in [0.15, 0.2) is 0 Å². The summed E-state index contributed by atoms with van der Waals surface area (Å²) in [6.45, 7) is 0.180. The molecule has 0 radical (unpaired) electrons. The lowest BCUT2D eigenvalue weighted by atomic mass is 10.1. The van der Waals surface area contributed by atoms with Crippen LogP contribution < -0.4 is 5.32 Å². The highest BCUT2D eigenvalue weighted by Gasteiger charge is 2.05. The van der Waals surface area contributed by atoms with Gasteiger partial charge in [-0.25, -0.2) is 0 Å². The van der Waals surface area contributed by atoms with Gasteiger partial charge in [0.2, 0.25) is 5.91 Å². The highest BCUT2D eigenvalue weighted by atomic mass is 16.3. The number of furan rings is 1. The smallest absolute Gasteiger partial charge is 0.224 e. The molecule has 0 aliphatic heterocycles. The molecule has 0 fully saturated rings. The van der Waals surface area contributed by atoms with Gasteiger partial charge in [-0.1, -0.05) is 12.1 Å². The lowest BCUT2D eigenvalue weighted by Gasteiger charge is -2.07. The molecular formula is C16H19NO3. The van der Waals surface area contributed by atoms with E-state index in [1.807, 2.05) is 36.4 Å². The van der Waals surface area contributed by atoms with Crippen LogP contribution >= 0.6 is 0 Å². The van der Waals surface area contributed by atoms with Gasteiger partial charge >= 0.3 is 0 Å². The minimum absolute atomic E-state index is 0.0271. The summed E-state index contributed by atoms with van der Waals surface area (Å²) in [6.07, 6.45) is 4.15. The summed E-state index contributed by atoms with van der Waals surface area (Å²) in [4.78, 5) is 11.8.